The zero-order valence-corrected chi connectivity index (χ0v) is 12.4. The average molecular weight is 262 g/mol. The summed E-state index contributed by atoms with van der Waals surface area (Å²) in [5.74, 6) is 1.16. The number of nitrogens with zero attached hydrogens (tertiary/aromatic N) is 3. The van der Waals surface area contributed by atoms with Crippen LogP contribution in [-0.2, 0) is 6.54 Å². The van der Waals surface area contributed by atoms with E-state index in [1.165, 1.54) is 25.7 Å². The Morgan fingerprint density at radius 1 is 1.37 bits per heavy atom. The molecule has 2 bridgehead atoms. The second-order valence-corrected chi connectivity index (χ2v) is 6.25. The quantitative estimate of drug-likeness (QED) is 0.904. The Bertz CT molecular complexity index is 427. The van der Waals surface area contributed by atoms with Crippen molar-refractivity contribution < 1.29 is 0 Å². The van der Waals surface area contributed by atoms with Crippen LogP contribution in [-0.4, -0.2) is 34.7 Å². The van der Waals surface area contributed by atoms with E-state index >= 15 is 0 Å². The zero-order valence-electron chi connectivity index (χ0n) is 12.4. The number of aromatic nitrogens is 2. The van der Waals surface area contributed by atoms with E-state index in [9.17, 15) is 0 Å². The molecule has 3 rings (SSSR count). The standard InChI is InChI=1S/C15H26N4/c1-4-7-19-10-11(2)16-15(19)18(3)14-8-12-5-6-13(9-14)17-12/h10,12-14,17H,4-9H2,1-3H3. The molecule has 1 aromatic heterocycles. The molecular formula is C15H26N4. The van der Waals surface area contributed by atoms with Crippen LogP contribution in [0.1, 0.15) is 44.7 Å². The maximum atomic E-state index is 4.74. The molecule has 19 heavy (non-hydrogen) atoms. The van der Waals surface area contributed by atoms with Gasteiger partial charge >= 0.3 is 0 Å². The molecule has 2 atom stereocenters. The molecule has 2 unspecified atom stereocenters. The van der Waals surface area contributed by atoms with Crippen LogP contribution in [0.15, 0.2) is 6.20 Å². The van der Waals surface area contributed by atoms with E-state index in [0.29, 0.717) is 6.04 Å². The number of fused-ring (bicyclic) bond motifs is 2. The van der Waals surface area contributed by atoms with Gasteiger partial charge in [0.1, 0.15) is 0 Å². The van der Waals surface area contributed by atoms with E-state index in [1.807, 2.05) is 0 Å². The van der Waals surface area contributed by atoms with Crippen LogP contribution in [0.4, 0.5) is 5.95 Å². The molecule has 0 amide bonds. The Morgan fingerprint density at radius 3 is 2.68 bits per heavy atom. The smallest absolute Gasteiger partial charge is 0.205 e. The van der Waals surface area contributed by atoms with Crippen molar-refractivity contribution in [1.82, 2.24) is 14.9 Å². The molecule has 0 spiro atoms. The summed E-state index contributed by atoms with van der Waals surface area (Å²) in [5, 5.41) is 3.72. The number of hydrogen-bond acceptors (Lipinski definition) is 3. The monoisotopic (exact) mass is 262 g/mol. The summed E-state index contributed by atoms with van der Waals surface area (Å²) >= 11 is 0. The van der Waals surface area contributed by atoms with Gasteiger partial charge in [-0.3, -0.25) is 0 Å². The van der Waals surface area contributed by atoms with Gasteiger partial charge in [-0.1, -0.05) is 6.92 Å². The molecule has 2 aliphatic rings. The summed E-state index contributed by atoms with van der Waals surface area (Å²) < 4.78 is 2.32. The first kappa shape index (κ1) is 13.0. The van der Waals surface area contributed by atoms with E-state index in [4.69, 9.17) is 4.98 Å². The molecule has 3 heterocycles. The SMILES string of the molecule is CCCn1cc(C)nc1N(C)C1CC2CCC(C1)N2. The van der Waals surface area contributed by atoms with Gasteiger partial charge in [-0.15, -0.1) is 0 Å². The number of piperidine rings is 1. The summed E-state index contributed by atoms with van der Waals surface area (Å²) in [4.78, 5) is 7.17. The maximum Gasteiger partial charge on any atom is 0.205 e. The van der Waals surface area contributed by atoms with Crippen molar-refractivity contribution >= 4 is 5.95 Å². The van der Waals surface area contributed by atoms with Crippen LogP contribution in [0.5, 0.6) is 0 Å². The van der Waals surface area contributed by atoms with Gasteiger partial charge in [0.05, 0.1) is 5.69 Å². The third-order valence-electron chi connectivity index (χ3n) is 4.65. The highest BCUT2D eigenvalue weighted by Crippen LogP contribution is 2.31. The van der Waals surface area contributed by atoms with E-state index in [-0.39, 0.29) is 0 Å². The Balaban J connectivity index is 1.77. The summed E-state index contributed by atoms with van der Waals surface area (Å²) in [7, 11) is 2.23. The Morgan fingerprint density at radius 2 is 2.05 bits per heavy atom. The van der Waals surface area contributed by atoms with Crippen molar-refractivity contribution in [3.63, 3.8) is 0 Å². The minimum Gasteiger partial charge on any atom is -0.342 e. The molecule has 0 aromatic carbocycles. The van der Waals surface area contributed by atoms with Crippen molar-refractivity contribution in [3.05, 3.63) is 11.9 Å². The summed E-state index contributed by atoms with van der Waals surface area (Å²) in [6.45, 7) is 5.39. The van der Waals surface area contributed by atoms with Gasteiger partial charge in [-0.2, -0.15) is 0 Å². The third-order valence-corrected chi connectivity index (χ3v) is 4.65. The number of aryl methyl sites for hydroxylation is 2. The minimum atomic E-state index is 0.649. The van der Waals surface area contributed by atoms with Gasteiger partial charge < -0.3 is 14.8 Å². The Hall–Kier alpha value is -1.03. The lowest BCUT2D eigenvalue weighted by Gasteiger charge is -2.36. The predicted octanol–water partition coefficient (Wildman–Crippen LogP) is 2.32. The van der Waals surface area contributed by atoms with Crippen LogP contribution in [0.25, 0.3) is 0 Å². The van der Waals surface area contributed by atoms with Gasteiger partial charge in [0, 0.05) is 37.9 Å². The van der Waals surface area contributed by atoms with Crippen LogP contribution in [0, 0.1) is 6.92 Å². The largest absolute Gasteiger partial charge is 0.342 e. The fourth-order valence-electron chi connectivity index (χ4n) is 3.73. The van der Waals surface area contributed by atoms with Crippen molar-refractivity contribution in [2.24, 2.45) is 0 Å². The van der Waals surface area contributed by atoms with E-state index in [1.54, 1.807) is 0 Å². The first-order valence-corrected chi connectivity index (χ1v) is 7.70. The minimum absolute atomic E-state index is 0.649. The number of nitrogens with one attached hydrogen (secondary N) is 1. The van der Waals surface area contributed by atoms with Crippen molar-refractivity contribution in [2.75, 3.05) is 11.9 Å². The van der Waals surface area contributed by atoms with Crippen molar-refractivity contribution in [3.8, 4) is 0 Å². The highest BCUT2D eigenvalue weighted by molar-refractivity contribution is 5.34. The molecule has 2 aliphatic heterocycles. The van der Waals surface area contributed by atoms with Crippen LogP contribution < -0.4 is 10.2 Å². The van der Waals surface area contributed by atoms with E-state index < -0.39 is 0 Å². The van der Waals surface area contributed by atoms with E-state index in [0.717, 1.165) is 36.7 Å². The fourth-order valence-corrected chi connectivity index (χ4v) is 3.73. The summed E-state index contributed by atoms with van der Waals surface area (Å²) in [5.41, 5.74) is 1.13. The fraction of sp³-hybridized carbons (Fsp3) is 0.800. The molecule has 1 N–H and O–H groups in total. The van der Waals surface area contributed by atoms with Crippen molar-refractivity contribution in [1.29, 1.82) is 0 Å². The third kappa shape index (κ3) is 2.50. The molecule has 0 radical (unpaired) electrons. The lowest BCUT2D eigenvalue weighted by Crippen LogP contribution is -2.47. The summed E-state index contributed by atoms with van der Waals surface area (Å²) in [6.07, 6.45) is 8.60. The first-order chi connectivity index (χ1) is 9.17. The van der Waals surface area contributed by atoms with Crippen LogP contribution in [0.3, 0.4) is 0 Å². The molecule has 4 nitrogen and oxygen atoms in total. The summed E-state index contributed by atoms with van der Waals surface area (Å²) in [6, 6.07) is 2.12. The second-order valence-electron chi connectivity index (χ2n) is 6.25. The zero-order chi connectivity index (χ0) is 13.4. The normalized spacial score (nSPS) is 29.7. The number of rotatable bonds is 4. The lowest BCUT2D eigenvalue weighted by atomic mass is 9.99. The number of anilines is 1. The molecule has 1 aromatic rings. The molecular weight excluding hydrogens is 236 g/mol. The van der Waals surface area contributed by atoms with Gasteiger partial charge in [-0.05, 0) is 39.0 Å². The molecule has 106 valence electrons. The van der Waals surface area contributed by atoms with Crippen LogP contribution in [0.2, 0.25) is 0 Å². The molecule has 0 aliphatic carbocycles. The first-order valence-electron chi connectivity index (χ1n) is 7.70. The Labute approximate surface area is 116 Å². The van der Waals surface area contributed by atoms with Gasteiger partial charge in [0.15, 0.2) is 0 Å². The molecule has 0 saturated carbocycles. The molecule has 2 saturated heterocycles. The van der Waals surface area contributed by atoms with Gasteiger partial charge in [0.2, 0.25) is 5.95 Å². The van der Waals surface area contributed by atoms with Crippen molar-refractivity contribution in [2.45, 2.75) is 70.6 Å². The van der Waals surface area contributed by atoms with E-state index in [2.05, 4.69) is 41.9 Å². The molecule has 2 fully saturated rings. The number of imidazole rings is 1. The lowest BCUT2D eigenvalue weighted by molar-refractivity contribution is 0.351. The van der Waals surface area contributed by atoms with Gasteiger partial charge in [0.25, 0.3) is 0 Å². The van der Waals surface area contributed by atoms with Gasteiger partial charge in [-0.25, -0.2) is 4.98 Å². The highest BCUT2D eigenvalue weighted by atomic mass is 15.3. The maximum absolute atomic E-state index is 4.74. The second kappa shape index (κ2) is 5.16. The van der Waals surface area contributed by atoms with Crippen LogP contribution >= 0.6 is 0 Å². The highest BCUT2D eigenvalue weighted by Gasteiger charge is 2.36. The molecule has 4 heteroatoms. The Kier molecular flexibility index (Phi) is 3.52. The predicted molar refractivity (Wildman–Crippen MR) is 78.6 cm³/mol. The average Bonchev–Trinajstić information content (AvgIpc) is 2.92. The number of hydrogen-bond donors (Lipinski definition) is 1. The topological polar surface area (TPSA) is 33.1 Å².